The molecule has 1 saturated heterocycles. The van der Waals surface area contributed by atoms with Crippen molar-refractivity contribution in [1.29, 1.82) is 0 Å². The summed E-state index contributed by atoms with van der Waals surface area (Å²) >= 11 is 0. The van der Waals surface area contributed by atoms with Gasteiger partial charge in [0.2, 0.25) is 0 Å². The third-order valence-electron chi connectivity index (χ3n) is 6.96. The first-order valence-corrected chi connectivity index (χ1v) is 14.3. The molecule has 0 radical (unpaired) electrons. The number of piperidine rings is 1. The van der Waals surface area contributed by atoms with E-state index in [1.165, 1.54) is 11.8 Å². The molecule has 7 nitrogen and oxygen atoms in total. The minimum Gasteiger partial charge on any atom is -0.487 e. The topological polar surface area (TPSA) is 85.8 Å². The Hall–Kier alpha value is -3.39. The van der Waals surface area contributed by atoms with Crippen molar-refractivity contribution >= 4 is 15.9 Å². The largest absolute Gasteiger partial charge is 0.487 e. The lowest BCUT2D eigenvalue weighted by atomic mass is 9.82. The van der Waals surface area contributed by atoms with Crippen molar-refractivity contribution in [1.82, 2.24) is 9.88 Å². The van der Waals surface area contributed by atoms with Crippen LogP contribution in [0, 0.1) is 0 Å². The van der Waals surface area contributed by atoms with Gasteiger partial charge in [-0.1, -0.05) is 36.4 Å². The number of carbonyl (C=O) groups is 1. The molecule has 0 unspecified atom stereocenters. The van der Waals surface area contributed by atoms with E-state index in [2.05, 4.69) is 11.1 Å². The van der Waals surface area contributed by atoms with Gasteiger partial charge in [0.25, 0.3) is 0 Å². The van der Waals surface area contributed by atoms with E-state index in [9.17, 15) is 13.2 Å². The van der Waals surface area contributed by atoms with Gasteiger partial charge in [-0.3, -0.25) is 4.98 Å². The van der Waals surface area contributed by atoms with Crippen molar-refractivity contribution in [3.63, 3.8) is 0 Å². The summed E-state index contributed by atoms with van der Waals surface area (Å²) in [5.41, 5.74) is 4.58. The molecular weight excluding hydrogens is 476 g/mol. The number of sulfone groups is 1. The van der Waals surface area contributed by atoms with E-state index in [-0.39, 0.29) is 24.1 Å². The minimum atomic E-state index is -3.05. The summed E-state index contributed by atoms with van der Waals surface area (Å²) in [6.07, 6.45) is 6.00. The van der Waals surface area contributed by atoms with E-state index in [4.69, 9.17) is 9.47 Å². The molecule has 2 aromatic carbocycles. The molecule has 1 spiro atoms. The summed E-state index contributed by atoms with van der Waals surface area (Å²) in [7, 11) is -3.05. The highest BCUT2D eigenvalue weighted by Crippen LogP contribution is 2.41. The van der Waals surface area contributed by atoms with Gasteiger partial charge >= 0.3 is 6.09 Å². The fourth-order valence-corrected chi connectivity index (χ4v) is 5.75. The lowest BCUT2D eigenvalue weighted by Crippen LogP contribution is -2.51. The predicted octanol–water partition coefficient (Wildman–Crippen LogP) is 4.79. The molecule has 2 aliphatic heterocycles. The molecule has 36 heavy (non-hydrogen) atoms. The third-order valence-corrected chi connectivity index (χ3v) is 7.81. The summed E-state index contributed by atoms with van der Waals surface area (Å²) < 4.78 is 35.0. The second kappa shape index (κ2) is 9.93. The zero-order valence-corrected chi connectivity index (χ0v) is 21.2. The van der Waals surface area contributed by atoms with Gasteiger partial charge in [0.1, 0.15) is 18.0 Å². The monoisotopic (exact) mass is 506 g/mol. The molecule has 0 saturated carbocycles. The van der Waals surface area contributed by atoms with Crippen LogP contribution in [-0.2, 0) is 33.4 Å². The number of pyridine rings is 1. The Balaban J connectivity index is 1.19. The Morgan fingerprint density at radius 2 is 1.78 bits per heavy atom. The molecule has 0 aliphatic carbocycles. The molecule has 2 aliphatic rings. The van der Waals surface area contributed by atoms with Crippen LogP contribution in [0.5, 0.6) is 5.75 Å². The normalized spacial score (nSPS) is 16.8. The fourth-order valence-electron chi connectivity index (χ4n) is 4.96. The number of aromatic nitrogens is 1. The van der Waals surface area contributed by atoms with Crippen LogP contribution in [0.3, 0.4) is 0 Å². The van der Waals surface area contributed by atoms with Gasteiger partial charge in [-0.15, -0.1) is 0 Å². The number of hydrogen-bond donors (Lipinski definition) is 0. The summed E-state index contributed by atoms with van der Waals surface area (Å²) in [6, 6.07) is 19.5. The molecule has 1 fully saturated rings. The quantitative estimate of drug-likeness (QED) is 0.495. The Morgan fingerprint density at radius 1 is 1.03 bits per heavy atom. The van der Waals surface area contributed by atoms with E-state index in [0.717, 1.165) is 53.8 Å². The van der Waals surface area contributed by atoms with Crippen LogP contribution in [0.15, 0.2) is 66.9 Å². The molecular formula is C28H30N2O5S. The van der Waals surface area contributed by atoms with E-state index >= 15 is 0 Å². The summed E-state index contributed by atoms with van der Waals surface area (Å²) in [5, 5.41) is 0. The summed E-state index contributed by atoms with van der Waals surface area (Å²) in [4.78, 5) is 18.5. The third kappa shape index (κ3) is 5.70. The molecule has 3 heterocycles. The van der Waals surface area contributed by atoms with Crippen molar-refractivity contribution in [3.05, 3.63) is 83.7 Å². The summed E-state index contributed by atoms with van der Waals surface area (Å²) in [5.74, 6) is 0.956. The van der Waals surface area contributed by atoms with Crippen molar-refractivity contribution in [2.75, 3.05) is 19.3 Å². The van der Waals surface area contributed by atoms with Crippen molar-refractivity contribution in [2.24, 2.45) is 0 Å². The highest BCUT2D eigenvalue weighted by atomic mass is 32.2. The van der Waals surface area contributed by atoms with Crippen molar-refractivity contribution < 1.29 is 22.7 Å². The number of fused-ring (bicyclic) bond motifs is 1. The standard InChI is InChI=1S/C28H30N2O5S/c1-36(32,33)20-21-5-7-22(8-6-21)23-9-10-26-24(18-23)11-12-28(35-26)13-16-30(17-14-28)27(31)34-19-25-4-2-3-15-29-25/h2-10,15,18H,11-14,16-17,19-20H2,1H3. The van der Waals surface area contributed by atoms with Crippen LogP contribution >= 0.6 is 0 Å². The van der Waals surface area contributed by atoms with Gasteiger partial charge in [0, 0.05) is 38.4 Å². The van der Waals surface area contributed by atoms with Gasteiger partial charge < -0.3 is 14.4 Å². The highest BCUT2D eigenvalue weighted by Gasteiger charge is 2.40. The van der Waals surface area contributed by atoms with Gasteiger partial charge in [0.05, 0.1) is 11.4 Å². The molecule has 1 amide bonds. The Morgan fingerprint density at radius 3 is 2.47 bits per heavy atom. The first-order chi connectivity index (χ1) is 17.3. The number of rotatable bonds is 5. The number of ether oxygens (including phenoxy) is 2. The van der Waals surface area contributed by atoms with Gasteiger partial charge in [-0.2, -0.15) is 0 Å². The number of carbonyl (C=O) groups excluding carboxylic acids is 1. The van der Waals surface area contributed by atoms with E-state index < -0.39 is 9.84 Å². The molecule has 5 rings (SSSR count). The second-order valence-electron chi connectivity index (χ2n) is 9.74. The fraction of sp³-hybridized carbons (Fsp3) is 0.357. The van der Waals surface area contributed by atoms with Gasteiger partial charge in [0.15, 0.2) is 9.84 Å². The SMILES string of the molecule is CS(=O)(=O)Cc1ccc(-c2ccc3c(c2)CCC2(CCN(C(=O)OCc4ccccn4)CC2)O3)cc1. The molecule has 8 heteroatoms. The molecule has 1 aromatic heterocycles. The number of benzene rings is 2. The molecule has 0 atom stereocenters. The number of likely N-dealkylation sites (tertiary alicyclic amines) is 1. The van der Waals surface area contributed by atoms with Crippen LogP contribution < -0.4 is 4.74 Å². The number of aryl methyl sites for hydroxylation is 1. The average molecular weight is 507 g/mol. The molecule has 0 N–H and O–H groups in total. The maximum Gasteiger partial charge on any atom is 0.410 e. The van der Waals surface area contributed by atoms with E-state index in [1.54, 1.807) is 11.1 Å². The molecule has 188 valence electrons. The average Bonchev–Trinajstić information content (AvgIpc) is 2.88. The number of amides is 1. The summed E-state index contributed by atoms with van der Waals surface area (Å²) in [6.45, 7) is 1.39. The van der Waals surface area contributed by atoms with Crippen molar-refractivity contribution in [3.8, 4) is 16.9 Å². The van der Waals surface area contributed by atoms with E-state index in [1.807, 2.05) is 54.6 Å². The highest BCUT2D eigenvalue weighted by molar-refractivity contribution is 7.89. The van der Waals surface area contributed by atoms with Crippen molar-refractivity contribution in [2.45, 2.75) is 43.6 Å². The first kappa shape index (κ1) is 24.3. The van der Waals surface area contributed by atoms with Gasteiger partial charge in [-0.05, 0) is 59.4 Å². The maximum atomic E-state index is 12.5. The molecule has 0 bridgehead atoms. The molecule has 3 aromatic rings. The predicted molar refractivity (Wildman–Crippen MR) is 137 cm³/mol. The lowest BCUT2D eigenvalue weighted by Gasteiger charge is -2.44. The lowest BCUT2D eigenvalue weighted by molar-refractivity contribution is -0.0152. The maximum absolute atomic E-state index is 12.5. The zero-order chi connectivity index (χ0) is 25.2. The van der Waals surface area contributed by atoms with Crippen LogP contribution in [0.2, 0.25) is 0 Å². The number of hydrogen-bond acceptors (Lipinski definition) is 6. The Bertz CT molecular complexity index is 1330. The number of nitrogens with zero attached hydrogens (tertiary/aromatic N) is 2. The van der Waals surface area contributed by atoms with Crippen LogP contribution in [0.1, 0.15) is 36.1 Å². The smallest absolute Gasteiger partial charge is 0.410 e. The first-order valence-electron chi connectivity index (χ1n) is 12.2. The van der Waals surface area contributed by atoms with Crippen LogP contribution in [-0.4, -0.2) is 49.3 Å². The Kier molecular flexibility index (Phi) is 6.71. The van der Waals surface area contributed by atoms with Crippen LogP contribution in [0.4, 0.5) is 4.79 Å². The second-order valence-corrected chi connectivity index (χ2v) is 11.9. The van der Waals surface area contributed by atoms with Gasteiger partial charge in [-0.25, -0.2) is 13.2 Å². The Labute approximate surface area is 212 Å². The minimum absolute atomic E-state index is 0.0484. The van der Waals surface area contributed by atoms with E-state index in [0.29, 0.717) is 13.1 Å². The van der Waals surface area contributed by atoms with Crippen LogP contribution in [0.25, 0.3) is 11.1 Å². The zero-order valence-electron chi connectivity index (χ0n) is 20.4.